The summed E-state index contributed by atoms with van der Waals surface area (Å²) in [6, 6.07) is 21.4. The van der Waals surface area contributed by atoms with Crippen LogP contribution in [0.15, 0.2) is 85.1 Å². The molecule has 1 aliphatic rings. The fourth-order valence-corrected chi connectivity index (χ4v) is 4.47. The van der Waals surface area contributed by atoms with Crippen LogP contribution in [-0.4, -0.2) is 42.1 Å². The van der Waals surface area contributed by atoms with E-state index < -0.39 is 0 Å². The van der Waals surface area contributed by atoms with Gasteiger partial charge in [0.2, 0.25) is 5.91 Å². The van der Waals surface area contributed by atoms with Gasteiger partial charge in [0.1, 0.15) is 18.2 Å². The second kappa shape index (κ2) is 9.93. The Kier molecular flexibility index (Phi) is 6.17. The lowest BCUT2D eigenvalue weighted by Crippen LogP contribution is -2.38. The SMILES string of the molecule is O=C(Cn1nc(-c2ccc(F)cc2)nc1-c1ccc(F)cc1)N1CCc2nc(-c3ccccc3)ncc2C1. The third-order valence-corrected chi connectivity index (χ3v) is 6.48. The van der Waals surface area contributed by atoms with Crippen molar-refractivity contribution < 1.29 is 13.6 Å². The Bertz CT molecular complexity index is 1600. The van der Waals surface area contributed by atoms with Crippen LogP contribution in [-0.2, 0) is 24.3 Å². The summed E-state index contributed by atoms with van der Waals surface area (Å²) in [5.41, 5.74) is 4.03. The molecule has 7 nitrogen and oxygen atoms in total. The number of hydrogen-bond acceptors (Lipinski definition) is 5. The molecule has 3 heterocycles. The normalized spacial score (nSPS) is 12.8. The van der Waals surface area contributed by atoms with E-state index in [0.717, 1.165) is 16.8 Å². The Balaban J connectivity index is 1.25. The molecule has 3 aromatic carbocycles. The molecule has 2 aromatic heterocycles. The molecule has 6 rings (SSSR count). The van der Waals surface area contributed by atoms with Crippen LogP contribution in [0.3, 0.4) is 0 Å². The monoisotopic (exact) mass is 508 g/mol. The number of rotatable bonds is 5. The highest BCUT2D eigenvalue weighted by atomic mass is 19.1. The Labute approximate surface area is 217 Å². The molecule has 0 saturated heterocycles. The van der Waals surface area contributed by atoms with Crippen molar-refractivity contribution in [1.82, 2.24) is 29.6 Å². The smallest absolute Gasteiger partial charge is 0.244 e. The lowest BCUT2D eigenvalue weighted by molar-refractivity contribution is -0.132. The van der Waals surface area contributed by atoms with E-state index in [1.165, 1.54) is 28.9 Å². The predicted octanol–water partition coefficient (Wildman–Crippen LogP) is 4.93. The molecule has 0 N–H and O–H groups in total. The van der Waals surface area contributed by atoms with Gasteiger partial charge in [-0.2, -0.15) is 0 Å². The summed E-state index contributed by atoms with van der Waals surface area (Å²) >= 11 is 0. The zero-order chi connectivity index (χ0) is 26.1. The second-order valence-corrected chi connectivity index (χ2v) is 9.03. The van der Waals surface area contributed by atoms with Crippen molar-refractivity contribution in [2.45, 2.75) is 19.5 Å². The van der Waals surface area contributed by atoms with Gasteiger partial charge in [0.25, 0.3) is 0 Å². The Morgan fingerprint density at radius 3 is 2.16 bits per heavy atom. The van der Waals surface area contributed by atoms with Crippen molar-refractivity contribution in [3.8, 4) is 34.2 Å². The van der Waals surface area contributed by atoms with E-state index in [4.69, 9.17) is 4.98 Å². The van der Waals surface area contributed by atoms with E-state index in [1.54, 1.807) is 35.4 Å². The van der Waals surface area contributed by atoms with E-state index in [-0.39, 0.29) is 24.1 Å². The Morgan fingerprint density at radius 2 is 1.45 bits per heavy atom. The summed E-state index contributed by atoms with van der Waals surface area (Å²) in [5, 5.41) is 4.55. The molecule has 0 fully saturated rings. The number of fused-ring (bicyclic) bond motifs is 1. The minimum absolute atomic E-state index is 0.0564. The molecular weight excluding hydrogens is 486 g/mol. The van der Waals surface area contributed by atoms with Gasteiger partial charge in [-0.1, -0.05) is 30.3 Å². The molecule has 1 amide bonds. The molecule has 0 unspecified atom stereocenters. The second-order valence-electron chi connectivity index (χ2n) is 9.03. The van der Waals surface area contributed by atoms with Crippen LogP contribution < -0.4 is 0 Å². The Morgan fingerprint density at radius 1 is 0.789 bits per heavy atom. The Hall–Kier alpha value is -4.79. The molecule has 0 bridgehead atoms. The fourth-order valence-electron chi connectivity index (χ4n) is 4.47. The zero-order valence-electron chi connectivity index (χ0n) is 20.3. The lowest BCUT2D eigenvalue weighted by Gasteiger charge is -2.28. The number of benzene rings is 3. The van der Waals surface area contributed by atoms with Crippen LogP contribution in [0.5, 0.6) is 0 Å². The summed E-state index contributed by atoms with van der Waals surface area (Å²) in [7, 11) is 0. The van der Waals surface area contributed by atoms with Crippen LogP contribution in [0.1, 0.15) is 11.3 Å². The quantitative estimate of drug-likeness (QED) is 0.336. The first kappa shape index (κ1) is 23.6. The van der Waals surface area contributed by atoms with Crippen LogP contribution in [0.2, 0.25) is 0 Å². The van der Waals surface area contributed by atoms with Crippen LogP contribution in [0, 0.1) is 11.6 Å². The average Bonchev–Trinajstić information content (AvgIpc) is 3.37. The number of amides is 1. The number of hydrogen-bond donors (Lipinski definition) is 0. The van der Waals surface area contributed by atoms with Gasteiger partial charge in [-0.15, -0.1) is 5.10 Å². The largest absolute Gasteiger partial charge is 0.336 e. The van der Waals surface area contributed by atoms with Gasteiger partial charge in [0.05, 0.1) is 5.69 Å². The van der Waals surface area contributed by atoms with Crippen LogP contribution in [0.4, 0.5) is 8.78 Å². The number of halogens is 2. The molecule has 0 aliphatic carbocycles. The first-order chi connectivity index (χ1) is 18.5. The predicted molar refractivity (Wildman–Crippen MR) is 137 cm³/mol. The zero-order valence-corrected chi connectivity index (χ0v) is 20.3. The average molecular weight is 509 g/mol. The van der Waals surface area contributed by atoms with Crippen LogP contribution in [0.25, 0.3) is 34.2 Å². The maximum atomic E-state index is 13.6. The van der Waals surface area contributed by atoms with E-state index in [1.807, 2.05) is 30.3 Å². The summed E-state index contributed by atoms with van der Waals surface area (Å²) in [4.78, 5) is 29.0. The van der Waals surface area contributed by atoms with Crippen LogP contribution >= 0.6 is 0 Å². The standard InChI is InChI=1S/C29H22F2N6O/c30-23-10-6-20(7-11-23)28-34-29(21-8-12-24(31)13-9-21)37(35-28)18-26(38)36-15-14-25-22(17-36)16-32-27(33-25)19-4-2-1-3-5-19/h1-13,16H,14-15,17-18H2. The van der Waals surface area contributed by atoms with Gasteiger partial charge >= 0.3 is 0 Å². The maximum Gasteiger partial charge on any atom is 0.244 e. The summed E-state index contributed by atoms with van der Waals surface area (Å²) in [6.45, 7) is 0.857. The third kappa shape index (κ3) is 4.78. The van der Waals surface area contributed by atoms with Crippen molar-refractivity contribution in [3.63, 3.8) is 0 Å². The third-order valence-electron chi connectivity index (χ3n) is 6.48. The van der Waals surface area contributed by atoms with Crippen molar-refractivity contribution in [3.05, 3.63) is 108 Å². The number of aromatic nitrogens is 5. The molecule has 1 aliphatic heterocycles. The molecule has 0 radical (unpaired) electrons. The van der Waals surface area contributed by atoms with Gasteiger partial charge in [-0.05, 0) is 48.5 Å². The topological polar surface area (TPSA) is 76.8 Å². The highest BCUT2D eigenvalue weighted by molar-refractivity contribution is 5.77. The van der Waals surface area contributed by atoms with Gasteiger partial charge in [-0.3, -0.25) is 4.79 Å². The van der Waals surface area contributed by atoms with E-state index in [9.17, 15) is 13.6 Å². The summed E-state index contributed by atoms with van der Waals surface area (Å²) in [5.74, 6) is 0.561. The van der Waals surface area contributed by atoms with Crippen molar-refractivity contribution in [2.24, 2.45) is 0 Å². The molecule has 5 aromatic rings. The maximum absolute atomic E-state index is 13.6. The van der Waals surface area contributed by atoms with Gasteiger partial charge in [0, 0.05) is 48.0 Å². The summed E-state index contributed by atoms with van der Waals surface area (Å²) in [6.07, 6.45) is 2.41. The fraction of sp³-hybridized carbons (Fsp3) is 0.138. The molecule has 9 heteroatoms. The van der Waals surface area contributed by atoms with E-state index in [2.05, 4.69) is 15.1 Å². The highest BCUT2D eigenvalue weighted by Gasteiger charge is 2.25. The van der Waals surface area contributed by atoms with Gasteiger partial charge in [-0.25, -0.2) is 28.4 Å². The van der Waals surface area contributed by atoms with Crippen molar-refractivity contribution in [1.29, 1.82) is 0 Å². The minimum atomic E-state index is -0.376. The highest BCUT2D eigenvalue weighted by Crippen LogP contribution is 2.25. The lowest BCUT2D eigenvalue weighted by atomic mass is 10.1. The molecule has 0 saturated carbocycles. The van der Waals surface area contributed by atoms with Gasteiger partial charge in [0.15, 0.2) is 17.5 Å². The minimum Gasteiger partial charge on any atom is -0.336 e. The molecule has 0 spiro atoms. The molecule has 38 heavy (non-hydrogen) atoms. The number of carbonyl (C=O) groups excluding carboxylic acids is 1. The number of nitrogens with zero attached hydrogens (tertiary/aromatic N) is 6. The van der Waals surface area contributed by atoms with Crippen molar-refractivity contribution >= 4 is 5.91 Å². The molecule has 0 atom stereocenters. The number of carbonyl (C=O) groups is 1. The van der Waals surface area contributed by atoms with E-state index in [0.29, 0.717) is 48.1 Å². The van der Waals surface area contributed by atoms with E-state index >= 15 is 0 Å². The molecular formula is C29H22F2N6O. The van der Waals surface area contributed by atoms with Gasteiger partial charge < -0.3 is 4.90 Å². The molecule has 188 valence electrons. The first-order valence-electron chi connectivity index (χ1n) is 12.2. The first-order valence-corrected chi connectivity index (χ1v) is 12.2. The summed E-state index contributed by atoms with van der Waals surface area (Å²) < 4.78 is 28.5. The van der Waals surface area contributed by atoms with Crippen molar-refractivity contribution in [2.75, 3.05) is 6.54 Å².